The van der Waals surface area contributed by atoms with Crippen LogP contribution in [0.3, 0.4) is 0 Å². The Hall–Kier alpha value is -2.59. The highest BCUT2D eigenvalue weighted by Crippen LogP contribution is 2.40. The normalized spacial score (nSPS) is 15.4. The number of rotatable bonds is 6. The van der Waals surface area contributed by atoms with Gasteiger partial charge in [-0.2, -0.15) is 5.10 Å². The molecular weight excluding hydrogens is 486 g/mol. The SMILES string of the molecule is CCOC(=O)c1c(NC(=O)N/N=C/c2cc(Br)c(O)c(OC)c2)sc2c1CCC(C)C2. The van der Waals surface area contributed by atoms with Gasteiger partial charge in [-0.05, 0) is 71.3 Å². The molecular formula is C21H24BrN3O5S. The largest absolute Gasteiger partial charge is 0.503 e. The fourth-order valence-electron chi connectivity index (χ4n) is 3.38. The van der Waals surface area contributed by atoms with Crippen LogP contribution >= 0.6 is 27.3 Å². The number of hydrogen-bond donors (Lipinski definition) is 3. The summed E-state index contributed by atoms with van der Waals surface area (Å²) >= 11 is 4.65. The Morgan fingerprint density at radius 3 is 2.90 bits per heavy atom. The maximum absolute atomic E-state index is 12.5. The zero-order chi connectivity index (χ0) is 22.5. The number of halogens is 1. The first-order valence-corrected chi connectivity index (χ1v) is 11.4. The number of carbonyl (C=O) groups is 2. The summed E-state index contributed by atoms with van der Waals surface area (Å²) in [4.78, 5) is 26.0. The Bertz CT molecular complexity index is 1020. The molecule has 1 aromatic carbocycles. The number of carbonyl (C=O) groups excluding carboxylic acids is 2. The number of aromatic hydroxyl groups is 1. The van der Waals surface area contributed by atoms with Crippen LogP contribution in [0.25, 0.3) is 0 Å². The molecule has 2 amide bonds. The van der Waals surface area contributed by atoms with Crippen molar-refractivity contribution in [1.29, 1.82) is 0 Å². The van der Waals surface area contributed by atoms with Crippen LogP contribution in [0.1, 0.15) is 46.6 Å². The molecule has 31 heavy (non-hydrogen) atoms. The van der Waals surface area contributed by atoms with Crippen LogP contribution in [0.5, 0.6) is 11.5 Å². The summed E-state index contributed by atoms with van der Waals surface area (Å²) < 4.78 is 10.7. The molecule has 0 spiro atoms. The Kier molecular flexibility index (Phi) is 7.55. The van der Waals surface area contributed by atoms with Crippen molar-refractivity contribution in [2.24, 2.45) is 11.0 Å². The Morgan fingerprint density at radius 1 is 1.42 bits per heavy atom. The second kappa shape index (κ2) is 10.1. The van der Waals surface area contributed by atoms with E-state index in [4.69, 9.17) is 9.47 Å². The van der Waals surface area contributed by atoms with Gasteiger partial charge in [-0.15, -0.1) is 11.3 Å². The van der Waals surface area contributed by atoms with Crippen LogP contribution < -0.4 is 15.5 Å². The van der Waals surface area contributed by atoms with Gasteiger partial charge in [0.25, 0.3) is 0 Å². The van der Waals surface area contributed by atoms with Crippen molar-refractivity contribution in [2.75, 3.05) is 19.0 Å². The van der Waals surface area contributed by atoms with Crippen molar-refractivity contribution >= 4 is 50.5 Å². The lowest BCUT2D eigenvalue weighted by molar-refractivity contribution is 0.0526. The second-order valence-electron chi connectivity index (χ2n) is 7.15. The molecule has 0 saturated heterocycles. The molecule has 3 N–H and O–H groups in total. The van der Waals surface area contributed by atoms with Crippen molar-refractivity contribution in [3.05, 3.63) is 38.2 Å². The third-order valence-corrected chi connectivity index (χ3v) is 6.64. The highest BCUT2D eigenvalue weighted by Gasteiger charge is 2.29. The lowest BCUT2D eigenvalue weighted by Crippen LogP contribution is -2.25. The molecule has 1 aliphatic carbocycles. The minimum Gasteiger partial charge on any atom is -0.503 e. The molecule has 0 radical (unpaired) electrons. The van der Waals surface area contributed by atoms with E-state index in [-0.39, 0.29) is 18.1 Å². The van der Waals surface area contributed by atoms with Gasteiger partial charge in [0.2, 0.25) is 0 Å². The number of amides is 2. The summed E-state index contributed by atoms with van der Waals surface area (Å²) in [5, 5.41) is 17.0. The minimum absolute atomic E-state index is 0.0205. The van der Waals surface area contributed by atoms with E-state index in [1.54, 1.807) is 19.1 Å². The van der Waals surface area contributed by atoms with Gasteiger partial charge in [-0.1, -0.05) is 6.92 Å². The molecule has 1 aromatic heterocycles. The quantitative estimate of drug-likeness (QED) is 0.297. The number of benzene rings is 1. The molecule has 166 valence electrons. The molecule has 1 unspecified atom stereocenters. The number of hydrazone groups is 1. The molecule has 3 rings (SSSR count). The van der Waals surface area contributed by atoms with Gasteiger partial charge in [0, 0.05) is 4.88 Å². The summed E-state index contributed by atoms with van der Waals surface area (Å²) in [7, 11) is 1.44. The van der Waals surface area contributed by atoms with Gasteiger partial charge in [-0.3, -0.25) is 5.32 Å². The second-order valence-corrected chi connectivity index (χ2v) is 9.11. The Labute approximate surface area is 192 Å². The first kappa shape index (κ1) is 23.1. The summed E-state index contributed by atoms with van der Waals surface area (Å²) in [5.41, 5.74) is 4.42. The number of phenolic OH excluding ortho intramolecular Hbond substituents is 1. The van der Waals surface area contributed by atoms with E-state index in [0.29, 0.717) is 26.5 Å². The molecule has 0 aliphatic heterocycles. The van der Waals surface area contributed by atoms with Crippen molar-refractivity contribution in [3.8, 4) is 11.5 Å². The first-order valence-electron chi connectivity index (χ1n) is 9.82. The fraction of sp³-hybridized carbons (Fsp3) is 0.381. The molecule has 2 aromatic rings. The standard InChI is InChI=1S/C21H24BrN3O5S/c1-4-30-20(27)17-13-6-5-11(2)7-16(13)31-19(17)24-21(28)25-23-10-12-8-14(22)18(26)15(9-12)29-3/h8-11,26H,4-7H2,1-3H3,(H2,24,25,28)/b23-10+. The van der Waals surface area contributed by atoms with Crippen molar-refractivity contribution in [2.45, 2.75) is 33.1 Å². The van der Waals surface area contributed by atoms with Crippen molar-refractivity contribution in [3.63, 3.8) is 0 Å². The predicted octanol–water partition coefficient (Wildman–Crippen LogP) is 4.68. The molecule has 0 fully saturated rings. The van der Waals surface area contributed by atoms with Crippen molar-refractivity contribution in [1.82, 2.24) is 5.43 Å². The zero-order valence-electron chi connectivity index (χ0n) is 17.5. The Balaban J connectivity index is 1.74. The zero-order valence-corrected chi connectivity index (χ0v) is 19.9. The number of nitrogens with one attached hydrogen (secondary N) is 2. The van der Waals surface area contributed by atoms with Gasteiger partial charge < -0.3 is 14.6 Å². The van der Waals surface area contributed by atoms with Gasteiger partial charge in [0.1, 0.15) is 5.00 Å². The number of thiophene rings is 1. The van der Waals surface area contributed by atoms with Crippen LogP contribution in [0.4, 0.5) is 9.80 Å². The van der Waals surface area contributed by atoms with Crippen LogP contribution in [0, 0.1) is 5.92 Å². The van der Waals surface area contributed by atoms with Crippen LogP contribution in [0.15, 0.2) is 21.7 Å². The van der Waals surface area contributed by atoms with E-state index < -0.39 is 12.0 Å². The van der Waals surface area contributed by atoms with Crippen LogP contribution in [-0.2, 0) is 17.6 Å². The Morgan fingerprint density at radius 2 is 2.19 bits per heavy atom. The maximum atomic E-state index is 12.5. The highest BCUT2D eigenvalue weighted by atomic mass is 79.9. The predicted molar refractivity (Wildman–Crippen MR) is 124 cm³/mol. The molecule has 1 aliphatic rings. The number of phenols is 1. The summed E-state index contributed by atoms with van der Waals surface area (Å²) in [6.45, 7) is 4.20. The number of methoxy groups -OCH3 is 1. The molecule has 8 nitrogen and oxygen atoms in total. The lowest BCUT2D eigenvalue weighted by Gasteiger charge is -2.18. The van der Waals surface area contributed by atoms with E-state index in [9.17, 15) is 14.7 Å². The van der Waals surface area contributed by atoms with Gasteiger partial charge >= 0.3 is 12.0 Å². The number of nitrogens with zero attached hydrogens (tertiary/aromatic N) is 1. The number of anilines is 1. The minimum atomic E-state index is -0.571. The van der Waals surface area contributed by atoms with Crippen molar-refractivity contribution < 1.29 is 24.2 Å². The van der Waals surface area contributed by atoms with E-state index in [2.05, 4.69) is 38.7 Å². The smallest absolute Gasteiger partial charge is 0.341 e. The number of hydrogen-bond acceptors (Lipinski definition) is 7. The molecule has 10 heteroatoms. The third kappa shape index (κ3) is 5.37. The first-order chi connectivity index (χ1) is 14.8. The number of esters is 1. The van der Waals surface area contributed by atoms with Gasteiger partial charge in [0.15, 0.2) is 11.5 Å². The van der Waals surface area contributed by atoms with E-state index in [1.165, 1.54) is 24.7 Å². The maximum Gasteiger partial charge on any atom is 0.341 e. The summed E-state index contributed by atoms with van der Waals surface area (Å²) in [5.74, 6) is 0.370. The average molecular weight is 510 g/mol. The van der Waals surface area contributed by atoms with Crippen LogP contribution in [0.2, 0.25) is 0 Å². The molecule has 1 atom stereocenters. The number of urea groups is 1. The topological polar surface area (TPSA) is 109 Å². The molecule has 0 bridgehead atoms. The van der Waals surface area contributed by atoms with E-state index in [0.717, 1.165) is 29.7 Å². The third-order valence-electron chi connectivity index (χ3n) is 4.87. The highest BCUT2D eigenvalue weighted by molar-refractivity contribution is 9.10. The number of ether oxygens (including phenoxy) is 2. The monoisotopic (exact) mass is 509 g/mol. The van der Waals surface area contributed by atoms with Gasteiger partial charge in [0.05, 0.1) is 30.0 Å². The summed E-state index contributed by atoms with van der Waals surface area (Å²) in [6, 6.07) is 2.64. The average Bonchev–Trinajstić information content (AvgIpc) is 3.07. The lowest BCUT2D eigenvalue weighted by atomic mass is 9.88. The molecule has 0 saturated carbocycles. The van der Waals surface area contributed by atoms with Gasteiger partial charge in [-0.25, -0.2) is 15.0 Å². The fourth-order valence-corrected chi connectivity index (χ4v) is 5.23. The number of fused-ring (bicyclic) bond motifs is 1. The van der Waals surface area contributed by atoms with E-state index >= 15 is 0 Å². The summed E-state index contributed by atoms with van der Waals surface area (Å²) in [6.07, 6.45) is 4.09. The van der Waals surface area contributed by atoms with Crippen LogP contribution in [-0.4, -0.2) is 37.0 Å². The molecule has 1 heterocycles. The van der Waals surface area contributed by atoms with E-state index in [1.807, 2.05) is 0 Å².